The molecule has 1 N–H and O–H groups in total. The molecule has 0 aliphatic heterocycles. The number of rotatable bonds is 9. The predicted molar refractivity (Wildman–Crippen MR) is 90.2 cm³/mol. The van der Waals surface area contributed by atoms with Gasteiger partial charge in [-0.2, -0.15) is 5.10 Å². The van der Waals surface area contributed by atoms with Crippen molar-refractivity contribution < 1.29 is 0 Å². The molecule has 1 atom stereocenters. The second-order valence-corrected chi connectivity index (χ2v) is 6.64. The number of nitrogens with zero attached hydrogens (tertiary/aromatic N) is 2. The van der Waals surface area contributed by atoms with Gasteiger partial charge in [0.1, 0.15) is 0 Å². The van der Waals surface area contributed by atoms with E-state index in [1.807, 2.05) is 0 Å². The maximum absolute atomic E-state index is 4.64. The van der Waals surface area contributed by atoms with Crippen LogP contribution in [-0.4, -0.2) is 23.4 Å². The number of nitrogens with one attached hydrogen (secondary N) is 1. The van der Waals surface area contributed by atoms with Gasteiger partial charge >= 0.3 is 0 Å². The first-order chi connectivity index (χ1) is 9.53. The Labute approximate surface area is 132 Å². The smallest absolute Gasteiger partial charge is 0.0766 e. The molecule has 0 saturated carbocycles. The first-order valence-electron chi connectivity index (χ1n) is 7.88. The molecule has 1 unspecified atom stereocenters. The van der Waals surface area contributed by atoms with E-state index in [1.165, 1.54) is 41.5 Å². The molecule has 1 aromatic heterocycles. The van der Waals surface area contributed by atoms with E-state index in [2.05, 4.69) is 65.9 Å². The topological polar surface area (TPSA) is 29.9 Å². The molecule has 0 bridgehead atoms. The summed E-state index contributed by atoms with van der Waals surface area (Å²) in [6.45, 7) is 7.82. The molecule has 1 aromatic rings. The number of halogens is 1. The summed E-state index contributed by atoms with van der Waals surface area (Å²) in [6, 6.07) is 0. The van der Waals surface area contributed by atoms with Crippen LogP contribution in [0.15, 0.2) is 4.47 Å². The fourth-order valence-corrected chi connectivity index (χ4v) is 3.72. The van der Waals surface area contributed by atoms with E-state index in [0.717, 1.165) is 19.4 Å². The van der Waals surface area contributed by atoms with Crippen molar-refractivity contribution in [2.75, 3.05) is 13.6 Å². The van der Waals surface area contributed by atoms with E-state index in [-0.39, 0.29) is 0 Å². The van der Waals surface area contributed by atoms with Crippen molar-refractivity contribution in [1.82, 2.24) is 15.1 Å². The lowest BCUT2D eigenvalue weighted by molar-refractivity contribution is 0.229. The van der Waals surface area contributed by atoms with Crippen LogP contribution in [0.1, 0.15) is 57.8 Å². The van der Waals surface area contributed by atoms with E-state index in [0.29, 0.717) is 5.41 Å². The lowest BCUT2D eigenvalue weighted by Crippen LogP contribution is -2.35. The minimum absolute atomic E-state index is 0.339. The lowest BCUT2D eigenvalue weighted by atomic mass is 9.76. The van der Waals surface area contributed by atoms with E-state index < -0.39 is 0 Å². The van der Waals surface area contributed by atoms with Gasteiger partial charge in [0.15, 0.2) is 0 Å². The van der Waals surface area contributed by atoms with Crippen LogP contribution in [0.4, 0.5) is 0 Å². The highest BCUT2D eigenvalue weighted by atomic mass is 79.9. The van der Waals surface area contributed by atoms with Crippen LogP contribution in [0.3, 0.4) is 0 Å². The Morgan fingerprint density at radius 1 is 1.30 bits per heavy atom. The summed E-state index contributed by atoms with van der Waals surface area (Å²) in [7, 11) is 4.13. The van der Waals surface area contributed by atoms with Gasteiger partial charge in [-0.05, 0) is 54.1 Å². The fraction of sp³-hybridized carbons (Fsp3) is 0.812. The molecule has 0 radical (unpaired) electrons. The van der Waals surface area contributed by atoms with Gasteiger partial charge in [0, 0.05) is 13.6 Å². The monoisotopic (exact) mass is 343 g/mol. The van der Waals surface area contributed by atoms with Crippen LogP contribution >= 0.6 is 15.9 Å². The van der Waals surface area contributed by atoms with Crippen molar-refractivity contribution in [1.29, 1.82) is 0 Å². The molecule has 1 rings (SSSR count). The van der Waals surface area contributed by atoms with Crippen molar-refractivity contribution >= 4 is 15.9 Å². The average molecular weight is 344 g/mol. The molecule has 0 saturated heterocycles. The summed E-state index contributed by atoms with van der Waals surface area (Å²) in [5.74, 6) is 0. The van der Waals surface area contributed by atoms with Gasteiger partial charge in [0.25, 0.3) is 0 Å². The third-order valence-corrected chi connectivity index (χ3v) is 5.32. The van der Waals surface area contributed by atoms with Crippen LogP contribution in [0.5, 0.6) is 0 Å². The normalized spacial score (nSPS) is 14.5. The van der Waals surface area contributed by atoms with Crippen molar-refractivity contribution in [2.24, 2.45) is 12.5 Å². The van der Waals surface area contributed by atoms with Gasteiger partial charge < -0.3 is 5.32 Å². The fourth-order valence-electron chi connectivity index (χ4n) is 2.96. The summed E-state index contributed by atoms with van der Waals surface area (Å²) in [4.78, 5) is 0. The summed E-state index contributed by atoms with van der Waals surface area (Å²) in [6.07, 6.45) is 7.11. The second kappa shape index (κ2) is 8.18. The Kier molecular flexibility index (Phi) is 7.24. The van der Waals surface area contributed by atoms with E-state index in [9.17, 15) is 0 Å². The molecular formula is C16H30BrN3. The SMILES string of the molecule is CCCCC(CC)(CNC)Cc1c(Br)c(CC)nn1C. The highest BCUT2D eigenvalue weighted by Gasteiger charge is 2.30. The second-order valence-electron chi connectivity index (χ2n) is 5.85. The molecule has 0 aromatic carbocycles. The van der Waals surface area contributed by atoms with Crippen LogP contribution in [-0.2, 0) is 19.9 Å². The largest absolute Gasteiger partial charge is 0.319 e. The Bertz CT molecular complexity index is 414. The molecule has 1 heterocycles. The molecule has 116 valence electrons. The van der Waals surface area contributed by atoms with Crippen LogP contribution in [0.25, 0.3) is 0 Å². The average Bonchev–Trinajstić information content (AvgIpc) is 2.72. The number of unbranched alkanes of at least 4 members (excludes halogenated alkanes) is 1. The van der Waals surface area contributed by atoms with Crippen LogP contribution in [0.2, 0.25) is 0 Å². The van der Waals surface area contributed by atoms with Crippen molar-refractivity contribution in [2.45, 2.75) is 59.3 Å². The molecule has 0 fully saturated rings. The molecular weight excluding hydrogens is 314 g/mol. The number of aryl methyl sites for hydroxylation is 2. The number of hydrogen-bond donors (Lipinski definition) is 1. The summed E-state index contributed by atoms with van der Waals surface area (Å²) in [5, 5.41) is 8.04. The Balaban J connectivity index is 3.02. The van der Waals surface area contributed by atoms with Gasteiger partial charge in [-0.3, -0.25) is 4.68 Å². The molecule has 3 nitrogen and oxygen atoms in total. The Hall–Kier alpha value is -0.350. The highest BCUT2D eigenvalue weighted by molar-refractivity contribution is 9.10. The molecule has 0 spiro atoms. The van der Waals surface area contributed by atoms with Gasteiger partial charge in [-0.15, -0.1) is 0 Å². The number of aromatic nitrogens is 2. The summed E-state index contributed by atoms with van der Waals surface area (Å²) >= 11 is 3.76. The van der Waals surface area contributed by atoms with Gasteiger partial charge in [-0.25, -0.2) is 0 Å². The third-order valence-electron chi connectivity index (χ3n) is 4.41. The van der Waals surface area contributed by atoms with Gasteiger partial charge in [0.2, 0.25) is 0 Å². The van der Waals surface area contributed by atoms with Gasteiger partial charge in [0.05, 0.1) is 15.9 Å². The first kappa shape index (κ1) is 17.7. The van der Waals surface area contributed by atoms with Crippen molar-refractivity contribution in [3.05, 3.63) is 15.9 Å². The Morgan fingerprint density at radius 3 is 2.45 bits per heavy atom. The maximum Gasteiger partial charge on any atom is 0.0766 e. The summed E-state index contributed by atoms with van der Waals surface area (Å²) in [5.41, 5.74) is 2.86. The predicted octanol–water partition coefficient (Wildman–Crippen LogP) is 4.09. The van der Waals surface area contributed by atoms with Gasteiger partial charge in [-0.1, -0.05) is 33.6 Å². The minimum atomic E-state index is 0.339. The maximum atomic E-state index is 4.64. The molecule has 0 amide bonds. The number of hydrogen-bond acceptors (Lipinski definition) is 2. The van der Waals surface area contributed by atoms with Crippen LogP contribution < -0.4 is 5.32 Å². The molecule has 0 aliphatic rings. The molecule has 4 heteroatoms. The standard InChI is InChI=1S/C16H30BrN3/c1-6-9-10-16(8-3,12-18-4)11-14-15(17)13(7-2)19-20(14)5/h18H,6-12H2,1-5H3. The molecule has 20 heavy (non-hydrogen) atoms. The Morgan fingerprint density at radius 2 is 2.00 bits per heavy atom. The van der Waals surface area contributed by atoms with E-state index in [4.69, 9.17) is 0 Å². The lowest BCUT2D eigenvalue weighted by Gasteiger charge is -2.33. The van der Waals surface area contributed by atoms with Crippen molar-refractivity contribution in [3.63, 3.8) is 0 Å². The zero-order chi connectivity index (χ0) is 15.2. The minimum Gasteiger partial charge on any atom is -0.319 e. The zero-order valence-corrected chi connectivity index (χ0v) is 15.3. The molecule has 0 aliphatic carbocycles. The zero-order valence-electron chi connectivity index (χ0n) is 13.7. The van der Waals surface area contributed by atoms with E-state index in [1.54, 1.807) is 0 Å². The summed E-state index contributed by atoms with van der Waals surface area (Å²) < 4.78 is 3.28. The van der Waals surface area contributed by atoms with Crippen LogP contribution in [0, 0.1) is 5.41 Å². The van der Waals surface area contributed by atoms with E-state index >= 15 is 0 Å². The highest BCUT2D eigenvalue weighted by Crippen LogP contribution is 2.35. The first-order valence-corrected chi connectivity index (χ1v) is 8.67. The van der Waals surface area contributed by atoms with Crippen molar-refractivity contribution in [3.8, 4) is 0 Å². The third kappa shape index (κ3) is 4.08. The quantitative estimate of drug-likeness (QED) is 0.731.